The monoisotopic (exact) mass is 324 g/mol. The van der Waals surface area contributed by atoms with E-state index in [-0.39, 0.29) is 12.0 Å². The van der Waals surface area contributed by atoms with Crippen LogP contribution in [0.2, 0.25) is 0 Å². The van der Waals surface area contributed by atoms with E-state index in [1.807, 2.05) is 30.2 Å². The summed E-state index contributed by atoms with van der Waals surface area (Å²) in [5.41, 5.74) is 2.43. The van der Waals surface area contributed by atoms with Crippen molar-refractivity contribution in [3.63, 3.8) is 0 Å². The zero-order valence-corrected chi connectivity index (χ0v) is 14.3. The lowest BCUT2D eigenvalue weighted by atomic mass is 10.0. The lowest BCUT2D eigenvalue weighted by Crippen LogP contribution is -2.49. The van der Waals surface area contributed by atoms with E-state index in [1.54, 1.807) is 0 Å². The second kappa shape index (κ2) is 6.06. The summed E-state index contributed by atoms with van der Waals surface area (Å²) in [4.78, 5) is 17.5. The van der Waals surface area contributed by atoms with Gasteiger partial charge in [-0.3, -0.25) is 9.48 Å². The predicted octanol–water partition coefficient (Wildman–Crippen LogP) is 2.04. The number of nitrogens with zero attached hydrogens (tertiary/aromatic N) is 4. The van der Waals surface area contributed by atoms with Crippen molar-refractivity contribution in [2.75, 3.05) is 26.7 Å². The van der Waals surface area contributed by atoms with E-state index in [2.05, 4.69) is 46.2 Å². The van der Waals surface area contributed by atoms with E-state index in [9.17, 15) is 4.79 Å². The molecule has 3 unspecified atom stereocenters. The highest BCUT2D eigenvalue weighted by Crippen LogP contribution is 2.49. The summed E-state index contributed by atoms with van der Waals surface area (Å²) in [6, 6.07) is 10.6. The van der Waals surface area contributed by atoms with Crippen molar-refractivity contribution >= 4 is 5.91 Å². The maximum Gasteiger partial charge on any atom is 0.226 e. The fraction of sp³-hybridized carbons (Fsp3) is 0.474. The van der Waals surface area contributed by atoms with Gasteiger partial charge < -0.3 is 9.80 Å². The van der Waals surface area contributed by atoms with Crippen LogP contribution in [-0.4, -0.2) is 52.2 Å². The third kappa shape index (κ3) is 2.84. The first kappa shape index (κ1) is 15.4. The van der Waals surface area contributed by atoms with Gasteiger partial charge in [-0.1, -0.05) is 30.3 Å². The Bertz CT molecular complexity index is 726. The summed E-state index contributed by atoms with van der Waals surface area (Å²) in [5.74, 6) is 0.789. The number of piperazine rings is 1. The van der Waals surface area contributed by atoms with E-state index >= 15 is 0 Å². The van der Waals surface area contributed by atoms with Crippen LogP contribution in [0.5, 0.6) is 0 Å². The number of likely N-dealkylation sites (N-methyl/N-ethyl adjacent to an activating group) is 1. The van der Waals surface area contributed by atoms with Gasteiger partial charge in [0.15, 0.2) is 0 Å². The van der Waals surface area contributed by atoms with Gasteiger partial charge in [-0.15, -0.1) is 0 Å². The molecule has 1 amide bonds. The minimum atomic E-state index is 0.129. The molecule has 5 heteroatoms. The topological polar surface area (TPSA) is 41.4 Å². The maximum atomic E-state index is 13.1. The van der Waals surface area contributed by atoms with Crippen molar-refractivity contribution in [2.24, 2.45) is 13.0 Å². The molecule has 2 heterocycles. The lowest BCUT2D eigenvalue weighted by molar-refractivity contribution is -0.137. The van der Waals surface area contributed by atoms with Gasteiger partial charge in [0.05, 0.1) is 12.2 Å². The molecule has 5 nitrogen and oxygen atoms in total. The Hall–Kier alpha value is -2.14. The van der Waals surface area contributed by atoms with Gasteiger partial charge in [-0.25, -0.2) is 0 Å². The molecule has 2 aromatic rings. The van der Waals surface area contributed by atoms with Gasteiger partial charge in [0.1, 0.15) is 0 Å². The standard InChI is InChI=1S/C19H24N4O/c1-21-8-9-23(18(13-21)14-6-4-3-5-7-14)19(24)17-10-16(17)15-11-20-22(2)12-15/h3-7,11-12,16-18H,8-10,13H2,1-2H3. The molecule has 4 rings (SSSR count). The number of rotatable bonds is 3. The van der Waals surface area contributed by atoms with Crippen molar-refractivity contribution in [3.8, 4) is 0 Å². The molecule has 3 atom stereocenters. The molecule has 24 heavy (non-hydrogen) atoms. The third-order valence-electron chi connectivity index (χ3n) is 5.31. The van der Waals surface area contributed by atoms with E-state index in [0.717, 1.165) is 26.1 Å². The number of hydrogen-bond donors (Lipinski definition) is 0. The van der Waals surface area contributed by atoms with Gasteiger partial charge in [0, 0.05) is 38.8 Å². The number of aryl methyl sites for hydroxylation is 1. The van der Waals surface area contributed by atoms with Crippen molar-refractivity contribution in [1.82, 2.24) is 19.6 Å². The Kier molecular flexibility index (Phi) is 3.88. The molecule has 1 saturated carbocycles. The maximum absolute atomic E-state index is 13.1. The largest absolute Gasteiger partial charge is 0.333 e. The van der Waals surface area contributed by atoms with E-state index < -0.39 is 0 Å². The Morgan fingerprint density at radius 3 is 2.62 bits per heavy atom. The molecule has 1 aliphatic carbocycles. The number of carbonyl (C=O) groups excluding carboxylic acids is 1. The number of carbonyl (C=O) groups is 1. The molecule has 1 aromatic carbocycles. The summed E-state index contributed by atoms with van der Waals surface area (Å²) in [7, 11) is 4.06. The zero-order chi connectivity index (χ0) is 16.7. The Morgan fingerprint density at radius 2 is 1.92 bits per heavy atom. The highest BCUT2D eigenvalue weighted by atomic mass is 16.2. The smallest absolute Gasteiger partial charge is 0.226 e. The van der Waals surface area contributed by atoms with Crippen LogP contribution < -0.4 is 0 Å². The molecule has 126 valence electrons. The summed E-state index contributed by atoms with van der Waals surface area (Å²) < 4.78 is 1.82. The van der Waals surface area contributed by atoms with E-state index in [1.165, 1.54) is 11.1 Å². The summed E-state index contributed by atoms with van der Waals surface area (Å²) in [6.07, 6.45) is 4.89. The third-order valence-corrected chi connectivity index (χ3v) is 5.31. The van der Waals surface area contributed by atoms with Crippen molar-refractivity contribution in [1.29, 1.82) is 0 Å². The van der Waals surface area contributed by atoms with Crippen LogP contribution in [-0.2, 0) is 11.8 Å². The van der Waals surface area contributed by atoms with Crippen LogP contribution in [0.3, 0.4) is 0 Å². The summed E-state index contributed by atoms with van der Waals surface area (Å²) >= 11 is 0. The first-order chi connectivity index (χ1) is 11.6. The molecule has 0 N–H and O–H groups in total. The van der Waals surface area contributed by atoms with Crippen LogP contribution in [0.25, 0.3) is 0 Å². The molecule has 0 bridgehead atoms. The molecule has 0 radical (unpaired) electrons. The van der Waals surface area contributed by atoms with Crippen LogP contribution in [0.4, 0.5) is 0 Å². The molecule has 1 aromatic heterocycles. The molecule has 2 fully saturated rings. The van der Waals surface area contributed by atoms with Gasteiger partial charge >= 0.3 is 0 Å². The minimum absolute atomic E-state index is 0.129. The SMILES string of the molecule is CN1CCN(C(=O)C2CC2c2cnn(C)c2)C(c2ccccc2)C1. The average molecular weight is 324 g/mol. The predicted molar refractivity (Wildman–Crippen MR) is 92.4 cm³/mol. The van der Waals surface area contributed by atoms with Crippen molar-refractivity contribution in [3.05, 3.63) is 53.9 Å². The van der Waals surface area contributed by atoms with Crippen LogP contribution in [0.15, 0.2) is 42.7 Å². The second-order valence-corrected chi connectivity index (χ2v) is 7.12. The quantitative estimate of drug-likeness (QED) is 0.867. The summed E-state index contributed by atoms with van der Waals surface area (Å²) in [6.45, 7) is 2.66. The first-order valence-corrected chi connectivity index (χ1v) is 8.66. The van der Waals surface area contributed by atoms with Crippen molar-refractivity contribution < 1.29 is 4.79 Å². The molecule has 0 spiro atoms. The lowest BCUT2D eigenvalue weighted by Gasteiger charge is -2.40. The minimum Gasteiger partial charge on any atom is -0.333 e. The highest BCUT2D eigenvalue weighted by Gasteiger charge is 2.48. The van der Waals surface area contributed by atoms with Gasteiger partial charge in [0.2, 0.25) is 5.91 Å². The molecule has 1 saturated heterocycles. The molecule has 1 aliphatic heterocycles. The number of benzene rings is 1. The Balaban J connectivity index is 1.52. The number of aromatic nitrogens is 2. The molecular formula is C19H24N4O. The Labute approximate surface area is 142 Å². The highest BCUT2D eigenvalue weighted by molar-refractivity contribution is 5.83. The summed E-state index contributed by atoms with van der Waals surface area (Å²) in [5, 5.41) is 4.24. The van der Waals surface area contributed by atoms with Gasteiger partial charge in [-0.2, -0.15) is 5.10 Å². The average Bonchev–Trinajstić information content (AvgIpc) is 3.29. The second-order valence-electron chi connectivity index (χ2n) is 7.12. The number of amides is 1. The molecule has 2 aliphatic rings. The number of hydrogen-bond acceptors (Lipinski definition) is 3. The van der Waals surface area contributed by atoms with Gasteiger partial charge in [0.25, 0.3) is 0 Å². The Morgan fingerprint density at radius 1 is 1.12 bits per heavy atom. The fourth-order valence-electron chi connectivity index (χ4n) is 3.82. The zero-order valence-electron chi connectivity index (χ0n) is 14.3. The van der Waals surface area contributed by atoms with E-state index in [4.69, 9.17) is 0 Å². The van der Waals surface area contributed by atoms with Crippen LogP contribution >= 0.6 is 0 Å². The fourth-order valence-corrected chi connectivity index (χ4v) is 3.82. The molecular weight excluding hydrogens is 300 g/mol. The van der Waals surface area contributed by atoms with Crippen LogP contribution in [0, 0.1) is 5.92 Å². The van der Waals surface area contributed by atoms with Gasteiger partial charge in [-0.05, 0) is 30.5 Å². The normalized spacial score (nSPS) is 27.2. The van der Waals surface area contributed by atoms with E-state index in [0.29, 0.717) is 11.8 Å². The first-order valence-electron chi connectivity index (χ1n) is 8.66. The van der Waals surface area contributed by atoms with Crippen molar-refractivity contribution in [2.45, 2.75) is 18.4 Å². The van der Waals surface area contributed by atoms with Crippen LogP contribution in [0.1, 0.15) is 29.5 Å².